The van der Waals surface area contributed by atoms with Crippen LogP contribution in [0.15, 0.2) is 40.1 Å². The highest BCUT2D eigenvalue weighted by Gasteiger charge is 2.16. The Morgan fingerprint density at radius 3 is 2.05 bits per heavy atom. The van der Waals surface area contributed by atoms with E-state index in [0.29, 0.717) is 0 Å². The van der Waals surface area contributed by atoms with Crippen molar-refractivity contribution in [3.63, 3.8) is 0 Å². The summed E-state index contributed by atoms with van der Waals surface area (Å²) in [7, 11) is -8.52. The standard InChI is InChI=1S/C10H8NO6S2/c11-18(13,14)7-1-2-9-6(3-7)4-8(5-10(9)12)19(15,16)17/h1-5H,(H2,11,13,14)(H,15,16,17). The molecule has 3 N–H and O–H groups in total. The summed E-state index contributed by atoms with van der Waals surface area (Å²) in [5.41, 5.74) is 0. The van der Waals surface area contributed by atoms with Crippen LogP contribution >= 0.6 is 0 Å². The third-order valence-electron chi connectivity index (χ3n) is 2.49. The van der Waals surface area contributed by atoms with Crippen LogP contribution in [0.3, 0.4) is 0 Å². The molecule has 2 aromatic rings. The second-order valence-corrected chi connectivity index (χ2v) is 6.81. The molecule has 7 nitrogen and oxygen atoms in total. The van der Waals surface area contributed by atoms with E-state index in [4.69, 9.17) is 9.69 Å². The Balaban J connectivity index is 2.85. The minimum Gasteiger partial charge on any atom is -0.289 e. The molecule has 0 atom stereocenters. The van der Waals surface area contributed by atoms with Crippen LogP contribution in [-0.2, 0) is 25.2 Å². The Kier molecular flexibility index (Phi) is 3.01. The number of benzene rings is 2. The van der Waals surface area contributed by atoms with Crippen molar-refractivity contribution in [1.29, 1.82) is 0 Å². The molecule has 9 heteroatoms. The number of hydrogen-bond donors (Lipinski definition) is 2. The molecule has 0 heterocycles. The molecule has 0 amide bonds. The third-order valence-corrected chi connectivity index (χ3v) is 4.23. The number of hydrogen-bond acceptors (Lipinski definition) is 4. The molecule has 2 aromatic carbocycles. The molecule has 101 valence electrons. The molecule has 2 rings (SSSR count). The Labute approximate surface area is 109 Å². The SMILES string of the molecule is NS(=O)(=O)c1ccc2c([O])cc(S(=O)(=O)O)cc2c1. The van der Waals surface area contributed by atoms with Crippen molar-refractivity contribution >= 4 is 30.9 Å². The second kappa shape index (κ2) is 4.17. The van der Waals surface area contributed by atoms with E-state index in [9.17, 15) is 21.9 Å². The Hall–Kier alpha value is -1.68. The number of nitrogens with two attached hydrogens (primary N) is 1. The van der Waals surface area contributed by atoms with Gasteiger partial charge in [-0.2, -0.15) is 8.42 Å². The maximum atomic E-state index is 11.7. The van der Waals surface area contributed by atoms with Crippen LogP contribution in [0.25, 0.3) is 10.8 Å². The fraction of sp³-hybridized carbons (Fsp3) is 0. The summed E-state index contributed by atoms with van der Waals surface area (Å²) in [4.78, 5) is -0.858. The first-order chi connectivity index (χ1) is 8.59. The van der Waals surface area contributed by atoms with Gasteiger partial charge in [0.1, 0.15) is 0 Å². The van der Waals surface area contributed by atoms with Crippen molar-refractivity contribution in [2.45, 2.75) is 9.79 Å². The third kappa shape index (κ3) is 2.68. The summed E-state index contributed by atoms with van der Waals surface area (Å²) < 4.78 is 53.2. The Bertz CT molecular complexity index is 865. The van der Waals surface area contributed by atoms with E-state index in [-0.39, 0.29) is 15.7 Å². The van der Waals surface area contributed by atoms with Gasteiger partial charge in [0.25, 0.3) is 10.1 Å². The zero-order valence-electron chi connectivity index (χ0n) is 9.27. The summed E-state index contributed by atoms with van der Waals surface area (Å²) in [6.45, 7) is 0. The molecule has 0 spiro atoms. The highest BCUT2D eigenvalue weighted by atomic mass is 32.2. The van der Waals surface area contributed by atoms with Crippen LogP contribution in [0.4, 0.5) is 0 Å². The van der Waals surface area contributed by atoms with Gasteiger partial charge in [-0.15, -0.1) is 0 Å². The lowest BCUT2D eigenvalue weighted by Gasteiger charge is -2.04. The zero-order valence-corrected chi connectivity index (χ0v) is 10.9. The first-order valence-corrected chi connectivity index (χ1v) is 7.83. The number of sulfonamides is 1. The van der Waals surface area contributed by atoms with Crippen molar-refractivity contribution in [1.82, 2.24) is 0 Å². The molecule has 0 saturated carbocycles. The van der Waals surface area contributed by atoms with E-state index in [0.717, 1.165) is 24.3 Å². The van der Waals surface area contributed by atoms with Gasteiger partial charge >= 0.3 is 0 Å². The van der Waals surface area contributed by atoms with Crippen LogP contribution in [0.2, 0.25) is 0 Å². The first kappa shape index (κ1) is 13.7. The highest BCUT2D eigenvalue weighted by Crippen LogP contribution is 2.30. The van der Waals surface area contributed by atoms with Crippen LogP contribution in [0.1, 0.15) is 0 Å². The fourth-order valence-corrected chi connectivity index (χ4v) is 2.69. The lowest BCUT2D eigenvalue weighted by atomic mass is 10.1. The first-order valence-electron chi connectivity index (χ1n) is 4.84. The van der Waals surface area contributed by atoms with Crippen molar-refractivity contribution in [2.75, 3.05) is 0 Å². The Morgan fingerprint density at radius 2 is 1.53 bits per heavy atom. The maximum absolute atomic E-state index is 11.7. The number of primary sulfonamides is 1. The summed E-state index contributed by atoms with van der Waals surface area (Å²) in [6.07, 6.45) is 0. The van der Waals surface area contributed by atoms with Gasteiger partial charge in [0, 0.05) is 11.5 Å². The van der Waals surface area contributed by atoms with Crippen molar-refractivity contribution in [3.05, 3.63) is 30.3 Å². The molecule has 1 radical (unpaired) electrons. The van der Waals surface area contributed by atoms with Crippen LogP contribution in [-0.4, -0.2) is 21.4 Å². The number of rotatable bonds is 2. The lowest BCUT2D eigenvalue weighted by Crippen LogP contribution is -2.11. The predicted molar refractivity (Wildman–Crippen MR) is 65.3 cm³/mol. The van der Waals surface area contributed by atoms with E-state index in [1.165, 1.54) is 6.07 Å². The summed E-state index contributed by atoms with van der Waals surface area (Å²) in [6, 6.07) is 5.20. The minimum absolute atomic E-state index is 0.0617. The molecule has 0 aliphatic rings. The predicted octanol–water partition coefficient (Wildman–Crippen LogP) is 0.878. The van der Waals surface area contributed by atoms with Gasteiger partial charge in [-0.1, -0.05) is 0 Å². The second-order valence-electron chi connectivity index (χ2n) is 3.82. The van der Waals surface area contributed by atoms with Gasteiger partial charge < -0.3 is 0 Å². The van der Waals surface area contributed by atoms with Crippen LogP contribution in [0.5, 0.6) is 5.75 Å². The molecule has 0 saturated heterocycles. The summed E-state index contributed by atoms with van der Waals surface area (Å²) in [5.74, 6) is -0.647. The Morgan fingerprint density at radius 1 is 0.947 bits per heavy atom. The maximum Gasteiger partial charge on any atom is 0.294 e. The topological polar surface area (TPSA) is 134 Å². The average molecular weight is 302 g/mol. The molecule has 0 unspecified atom stereocenters. The molecule has 19 heavy (non-hydrogen) atoms. The quantitative estimate of drug-likeness (QED) is 0.794. The number of fused-ring (bicyclic) bond motifs is 1. The average Bonchev–Trinajstić information content (AvgIpc) is 2.25. The van der Waals surface area contributed by atoms with Crippen molar-refractivity contribution < 1.29 is 26.5 Å². The molecular formula is C10H8NO6S2. The van der Waals surface area contributed by atoms with Gasteiger partial charge in [0.05, 0.1) is 9.79 Å². The molecule has 0 aromatic heterocycles. The smallest absolute Gasteiger partial charge is 0.289 e. The van der Waals surface area contributed by atoms with E-state index >= 15 is 0 Å². The van der Waals surface area contributed by atoms with Gasteiger partial charge in [-0.3, -0.25) is 9.66 Å². The van der Waals surface area contributed by atoms with Gasteiger partial charge in [-0.25, -0.2) is 13.6 Å². The van der Waals surface area contributed by atoms with E-state index in [2.05, 4.69) is 0 Å². The van der Waals surface area contributed by atoms with Crippen LogP contribution in [0, 0.1) is 0 Å². The normalized spacial score (nSPS) is 12.7. The van der Waals surface area contributed by atoms with E-state index in [1.54, 1.807) is 0 Å². The fourth-order valence-electron chi connectivity index (χ4n) is 1.61. The van der Waals surface area contributed by atoms with Gasteiger partial charge in [-0.05, 0) is 29.7 Å². The summed E-state index contributed by atoms with van der Waals surface area (Å²) >= 11 is 0. The van der Waals surface area contributed by atoms with Crippen molar-refractivity contribution in [2.24, 2.45) is 5.14 Å². The van der Waals surface area contributed by atoms with Gasteiger partial charge in [0.2, 0.25) is 10.0 Å². The molecule has 0 fully saturated rings. The van der Waals surface area contributed by atoms with Gasteiger partial charge in [0.15, 0.2) is 5.75 Å². The van der Waals surface area contributed by atoms with E-state index in [1.807, 2.05) is 0 Å². The monoisotopic (exact) mass is 302 g/mol. The molecular weight excluding hydrogens is 294 g/mol. The molecule has 0 bridgehead atoms. The van der Waals surface area contributed by atoms with Crippen molar-refractivity contribution in [3.8, 4) is 5.75 Å². The lowest BCUT2D eigenvalue weighted by molar-refractivity contribution is 0.358. The zero-order chi connectivity index (χ0) is 14.4. The largest absolute Gasteiger partial charge is 0.294 e. The summed E-state index contributed by atoms with van der Waals surface area (Å²) in [5, 5.41) is 16.8. The van der Waals surface area contributed by atoms with E-state index < -0.39 is 30.8 Å². The minimum atomic E-state index is -4.55. The highest BCUT2D eigenvalue weighted by molar-refractivity contribution is 7.89. The molecule has 0 aliphatic heterocycles. The van der Waals surface area contributed by atoms with Crippen LogP contribution < -0.4 is 5.14 Å². The molecule has 0 aliphatic carbocycles.